The Morgan fingerprint density at radius 1 is 1.23 bits per heavy atom. The van der Waals surface area contributed by atoms with Gasteiger partial charge in [0.15, 0.2) is 0 Å². The van der Waals surface area contributed by atoms with E-state index in [9.17, 15) is 13.2 Å². The quantitative estimate of drug-likeness (QED) is 0.574. The first kappa shape index (κ1) is 20.5. The number of halogens is 1. The van der Waals surface area contributed by atoms with Crippen molar-refractivity contribution < 1.29 is 13.2 Å². The molecule has 10 heteroatoms. The number of hydrogen-bond acceptors (Lipinski definition) is 5. The van der Waals surface area contributed by atoms with Crippen molar-refractivity contribution in [2.24, 2.45) is 10.9 Å². The van der Waals surface area contributed by atoms with Crippen LogP contribution in [0.25, 0.3) is 5.65 Å². The Morgan fingerprint density at radius 2 is 2.00 bits per heavy atom. The number of aliphatic imine (C=N–C) groups is 1. The summed E-state index contributed by atoms with van der Waals surface area (Å²) >= 11 is 3.42. The minimum Gasteiger partial charge on any atom is -0.349 e. The van der Waals surface area contributed by atoms with E-state index in [-0.39, 0.29) is 29.1 Å². The standard InChI is InChI=1S/C20H20BrN5O3S/c1-12(2)18(24-19-15-5-3-4-6-16(15)30(28,29)25-19)20(27)22-9-14-11-26-10-13(21)7-8-17(26)23-14/h3-8,10-12,18H,9H2,1-2H3,(H,22,27)(H,24,25)/t18-/m0/s1. The van der Waals surface area contributed by atoms with Crippen LogP contribution in [0.2, 0.25) is 0 Å². The molecule has 8 nitrogen and oxygen atoms in total. The second-order valence-corrected chi connectivity index (χ2v) is 9.90. The van der Waals surface area contributed by atoms with Gasteiger partial charge in [0.1, 0.15) is 17.5 Å². The third-order valence-corrected chi connectivity index (χ3v) is 6.61. The number of fused-ring (bicyclic) bond motifs is 2. The Kier molecular flexibility index (Phi) is 5.37. The van der Waals surface area contributed by atoms with Crippen LogP contribution in [0.4, 0.5) is 0 Å². The van der Waals surface area contributed by atoms with Gasteiger partial charge < -0.3 is 9.72 Å². The fourth-order valence-electron chi connectivity index (χ4n) is 3.26. The topological polar surface area (TPSA) is 105 Å². The molecule has 1 aliphatic rings. The Morgan fingerprint density at radius 3 is 2.77 bits per heavy atom. The number of carbonyl (C=O) groups excluding carboxylic acids is 1. The molecule has 30 heavy (non-hydrogen) atoms. The van der Waals surface area contributed by atoms with Gasteiger partial charge in [-0.3, -0.25) is 14.5 Å². The molecule has 2 aromatic heterocycles. The van der Waals surface area contributed by atoms with Crippen LogP contribution in [0.1, 0.15) is 25.1 Å². The average molecular weight is 490 g/mol. The normalized spacial score (nSPS) is 17.1. The van der Waals surface area contributed by atoms with Crippen molar-refractivity contribution >= 4 is 43.3 Å². The average Bonchev–Trinajstić information content (AvgIpc) is 3.21. The summed E-state index contributed by atoms with van der Waals surface area (Å²) in [6.07, 6.45) is 3.73. The van der Waals surface area contributed by atoms with E-state index in [2.05, 4.69) is 35.9 Å². The largest absolute Gasteiger partial charge is 0.349 e. The maximum absolute atomic E-state index is 12.9. The van der Waals surface area contributed by atoms with E-state index < -0.39 is 16.1 Å². The lowest BCUT2D eigenvalue weighted by Gasteiger charge is -2.17. The van der Waals surface area contributed by atoms with Crippen LogP contribution < -0.4 is 10.0 Å². The smallest absolute Gasteiger partial charge is 0.263 e. The Hall–Kier alpha value is -2.72. The number of benzene rings is 1. The molecule has 1 amide bonds. The molecule has 1 aliphatic heterocycles. The molecule has 2 N–H and O–H groups in total. The van der Waals surface area contributed by atoms with Gasteiger partial charge in [0.25, 0.3) is 10.0 Å². The molecular formula is C20H20BrN5O3S. The number of nitrogens with zero attached hydrogens (tertiary/aromatic N) is 3. The van der Waals surface area contributed by atoms with Gasteiger partial charge in [0.05, 0.1) is 17.1 Å². The molecule has 4 rings (SSSR count). The molecule has 1 aromatic carbocycles. The number of pyridine rings is 1. The minimum atomic E-state index is -3.65. The third kappa shape index (κ3) is 3.97. The zero-order valence-electron chi connectivity index (χ0n) is 16.3. The molecule has 0 radical (unpaired) electrons. The van der Waals surface area contributed by atoms with Crippen molar-refractivity contribution in [3.8, 4) is 0 Å². The molecule has 0 saturated carbocycles. The van der Waals surface area contributed by atoms with Crippen LogP contribution in [-0.4, -0.2) is 35.6 Å². The van der Waals surface area contributed by atoms with Crippen molar-refractivity contribution in [1.82, 2.24) is 19.4 Å². The van der Waals surface area contributed by atoms with Gasteiger partial charge in [0.2, 0.25) is 5.91 Å². The highest BCUT2D eigenvalue weighted by Crippen LogP contribution is 2.23. The Labute approximate surface area is 182 Å². The lowest BCUT2D eigenvalue weighted by Crippen LogP contribution is -2.38. The number of hydrogen-bond donors (Lipinski definition) is 2. The van der Waals surface area contributed by atoms with E-state index >= 15 is 0 Å². The predicted molar refractivity (Wildman–Crippen MR) is 117 cm³/mol. The molecule has 0 bridgehead atoms. The van der Waals surface area contributed by atoms with Crippen molar-refractivity contribution in [2.75, 3.05) is 0 Å². The van der Waals surface area contributed by atoms with Crippen molar-refractivity contribution in [3.05, 3.63) is 64.5 Å². The maximum atomic E-state index is 12.9. The van der Waals surface area contributed by atoms with E-state index in [0.29, 0.717) is 11.3 Å². The first-order valence-corrected chi connectivity index (χ1v) is 11.6. The SMILES string of the molecule is CC(C)[C@H](N=C1NS(=O)(=O)c2ccccc21)C(=O)NCc1cn2cc(Br)ccc2n1. The molecule has 1 atom stereocenters. The summed E-state index contributed by atoms with van der Waals surface area (Å²) in [5.41, 5.74) is 1.96. The number of rotatable bonds is 5. The second-order valence-electron chi connectivity index (χ2n) is 7.33. The van der Waals surface area contributed by atoms with Crippen LogP contribution in [0.3, 0.4) is 0 Å². The van der Waals surface area contributed by atoms with Crippen LogP contribution in [-0.2, 0) is 21.4 Å². The Bertz CT molecular complexity index is 1270. The molecule has 0 saturated heterocycles. The lowest BCUT2D eigenvalue weighted by atomic mass is 10.0. The monoisotopic (exact) mass is 489 g/mol. The number of carbonyl (C=O) groups is 1. The highest BCUT2D eigenvalue weighted by atomic mass is 79.9. The number of amides is 1. The lowest BCUT2D eigenvalue weighted by molar-refractivity contribution is -0.123. The van der Waals surface area contributed by atoms with Gasteiger partial charge in [-0.2, -0.15) is 0 Å². The number of amidine groups is 1. The molecule has 3 heterocycles. The van der Waals surface area contributed by atoms with Gasteiger partial charge in [-0.05, 0) is 46.1 Å². The second kappa shape index (κ2) is 7.84. The van der Waals surface area contributed by atoms with E-state index in [1.807, 2.05) is 42.8 Å². The predicted octanol–water partition coefficient (Wildman–Crippen LogP) is 2.48. The van der Waals surface area contributed by atoms with Crippen LogP contribution in [0.5, 0.6) is 0 Å². The summed E-state index contributed by atoms with van der Waals surface area (Å²) in [7, 11) is -3.65. The molecular weight excluding hydrogens is 470 g/mol. The highest BCUT2D eigenvalue weighted by Gasteiger charge is 2.32. The maximum Gasteiger partial charge on any atom is 0.263 e. The summed E-state index contributed by atoms with van der Waals surface area (Å²) in [6.45, 7) is 3.98. The number of sulfonamides is 1. The van der Waals surface area contributed by atoms with Gasteiger partial charge in [-0.15, -0.1) is 0 Å². The highest BCUT2D eigenvalue weighted by molar-refractivity contribution is 9.10. The van der Waals surface area contributed by atoms with E-state index in [1.165, 1.54) is 6.07 Å². The molecule has 156 valence electrons. The minimum absolute atomic E-state index is 0.133. The van der Waals surface area contributed by atoms with Gasteiger partial charge in [0, 0.05) is 22.4 Å². The fraction of sp³-hybridized carbons (Fsp3) is 0.250. The van der Waals surface area contributed by atoms with Crippen molar-refractivity contribution in [1.29, 1.82) is 0 Å². The van der Waals surface area contributed by atoms with E-state index in [4.69, 9.17) is 0 Å². The fourth-order valence-corrected chi connectivity index (χ4v) is 4.86. The Balaban J connectivity index is 1.54. The third-order valence-electron chi connectivity index (χ3n) is 4.74. The summed E-state index contributed by atoms with van der Waals surface area (Å²) in [4.78, 5) is 22.0. The summed E-state index contributed by atoms with van der Waals surface area (Å²) < 4.78 is 29.9. The van der Waals surface area contributed by atoms with Gasteiger partial charge >= 0.3 is 0 Å². The first-order chi connectivity index (χ1) is 14.2. The molecule has 3 aromatic rings. The molecule has 0 fully saturated rings. The summed E-state index contributed by atoms with van der Waals surface area (Å²) in [5.74, 6) is -0.233. The van der Waals surface area contributed by atoms with E-state index in [1.54, 1.807) is 18.2 Å². The van der Waals surface area contributed by atoms with Crippen LogP contribution in [0.15, 0.2) is 63.2 Å². The number of aromatic nitrogens is 2. The van der Waals surface area contributed by atoms with Crippen molar-refractivity contribution in [3.63, 3.8) is 0 Å². The van der Waals surface area contributed by atoms with Crippen LogP contribution in [0, 0.1) is 5.92 Å². The zero-order valence-corrected chi connectivity index (χ0v) is 18.7. The zero-order chi connectivity index (χ0) is 21.5. The van der Waals surface area contributed by atoms with Crippen LogP contribution >= 0.6 is 15.9 Å². The molecule has 0 aliphatic carbocycles. The summed E-state index contributed by atoms with van der Waals surface area (Å²) in [6, 6.07) is 9.62. The van der Waals surface area contributed by atoms with Gasteiger partial charge in [-0.25, -0.2) is 13.4 Å². The summed E-state index contributed by atoms with van der Waals surface area (Å²) in [5, 5.41) is 2.86. The molecule has 0 unspecified atom stereocenters. The van der Waals surface area contributed by atoms with E-state index in [0.717, 1.165) is 10.1 Å². The number of imidazole rings is 1. The van der Waals surface area contributed by atoms with Gasteiger partial charge in [-0.1, -0.05) is 26.0 Å². The number of nitrogens with one attached hydrogen (secondary N) is 2. The van der Waals surface area contributed by atoms with Crippen molar-refractivity contribution in [2.45, 2.75) is 31.3 Å². The first-order valence-electron chi connectivity index (χ1n) is 9.35. The molecule has 0 spiro atoms.